The predicted molar refractivity (Wildman–Crippen MR) is 113 cm³/mol. The molecule has 0 spiro atoms. The Hall–Kier alpha value is -2.88. The summed E-state index contributed by atoms with van der Waals surface area (Å²) in [5, 5.41) is 1.70. The Morgan fingerprint density at radius 1 is 0.900 bits per heavy atom. The summed E-state index contributed by atoms with van der Waals surface area (Å²) in [6.45, 7) is 4.04. The van der Waals surface area contributed by atoms with Crippen molar-refractivity contribution in [1.29, 1.82) is 0 Å². The lowest BCUT2D eigenvalue weighted by atomic mass is 9.95. The second kappa shape index (κ2) is 7.75. The Morgan fingerprint density at radius 3 is 2.30 bits per heavy atom. The van der Waals surface area contributed by atoms with E-state index in [1.54, 1.807) is 48.2 Å². The third kappa shape index (κ3) is 3.91. The van der Waals surface area contributed by atoms with Gasteiger partial charge in [0.05, 0.1) is 11.1 Å². The molecule has 0 aliphatic carbocycles. The van der Waals surface area contributed by atoms with Crippen molar-refractivity contribution in [3.63, 3.8) is 0 Å². The molecule has 0 fully saturated rings. The molecular formula is C21H17NO6S2. The molecule has 0 saturated carbocycles. The Labute approximate surface area is 177 Å². The zero-order valence-electron chi connectivity index (χ0n) is 16.1. The molecule has 1 aliphatic rings. The summed E-state index contributed by atoms with van der Waals surface area (Å²) in [4.78, 5) is 26.7. The molecule has 9 heteroatoms. The van der Waals surface area contributed by atoms with E-state index in [-0.39, 0.29) is 27.2 Å². The van der Waals surface area contributed by atoms with Crippen molar-refractivity contribution in [2.75, 3.05) is 0 Å². The van der Waals surface area contributed by atoms with Gasteiger partial charge in [-0.2, -0.15) is 8.42 Å². The van der Waals surface area contributed by atoms with Crippen molar-refractivity contribution in [3.05, 3.63) is 71.8 Å². The fourth-order valence-corrected chi connectivity index (χ4v) is 4.79. The second-order valence-corrected chi connectivity index (χ2v) is 9.61. The number of hydroxylamine groups is 2. The minimum Gasteiger partial charge on any atom is -0.360 e. The molecule has 3 aromatic rings. The van der Waals surface area contributed by atoms with Crippen molar-refractivity contribution in [1.82, 2.24) is 5.06 Å². The number of benzene rings is 3. The Morgan fingerprint density at radius 2 is 1.60 bits per heavy atom. The van der Waals surface area contributed by atoms with Crippen molar-refractivity contribution in [2.24, 2.45) is 0 Å². The average molecular weight is 444 g/mol. The largest absolute Gasteiger partial charge is 0.471 e. The highest BCUT2D eigenvalue weighted by Gasteiger charge is 2.38. The molecular weight excluding hydrogens is 426 g/mol. The van der Waals surface area contributed by atoms with E-state index in [0.29, 0.717) is 5.39 Å². The van der Waals surface area contributed by atoms with Crippen LogP contribution in [0.4, 0.5) is 0 Å². The number of rotatable bonds is 6. The number of amides is 2. The Bertz CT molecular complexity index is 1260. The van der Waals surface area contributed by atoms with Crippen LogP contribution in [-0.2, 0) is 14.7 Å². The smallest absolute Gasteiger partial charge is 0.360 e. The molecule has 0 saturated heterocycles. The van der Waals surface area contributed by atoms with E-state index in [1.165, 1.54) is 18.2 Å². The highest BCUT2D eigenvalue weighted by Crippen LogP contribution is 2.35. The van der Waals surface area contributed by atoms with E-state index in [4.69, 9.17) is 8.47 Å². The third-order valence-corrected chi connectivity index (χ3v) is 5.97. The lowest BCUT2D eigenvalue weighted by Crippen LogP contribution is -2.42. The number of imide groups is 1. The average Bonchev–Trinajstić information content (AvgIpc) is 2.69. The molecule has 0 N–H and O–H groups in total. The SMILES string of the molecule is CC(C)Sc1cc2c3c(cccc3c1)C(=O)N(OS(=O)(=O)Oc1ccccc1)C2=O. The topological polar surface area (TPSA) is 90.0 Å². The quantitative estimate of drug-likeness (QED) is 0.417. The molecule has 0 aromatic heterocycles. The summed E-state index contributed by atoms with van der Waals surface area (Å²) in [6, 6.07) is 16.2. The van der Waals surface area contributed by atoms with Crippen molar-refractivity contribution < 1.29 is 26.5 Å². The van der Waals surface area contributed by atoms with Gasteiger partial charge in [-0.05, 0) is 35.7 Å². The summed E-state index contributed by atoms with van der Waals surface area (Å²) >= 11 is 1.55. The molecule has 154 valence electrons. The van der Waals surface area contributed by atoms with Gasteiger partial charge in [0.1, 0.15) is 5.75 Å². The van der Waals surface area contributed by atoms with Gasteiger partial charge in [-0.3, -0.25) is 9.59 Å². The third-order valence-electron chi connectivity index (χ3n) is 4.26. The van der Waals surface area contributed by atoms with Gasteiger partial charge in [-0.15, -0.1) is 21.1 Å². The van der Waals surface area contributed by atoms with Gasteiger partial charge in [0.25, 0.3) is 11.8 Å². The molecule has 0 atom stereocenters. The monoisotopic (exact) mass is 443 g/mol. The summed E-state index contributed by atoms with van der Waals surface area (Å²) in [7, 11) is -4.72. The van der Waals surface area contributed by atoms with Crippen LogP contribution in [0.15, 0.2) is 65.6 Å². The second-order valence-electron chi connectivity index (χ2n) is 6.82. The molecule has 30 heavy (non-hydrogen) atoms. The maximum atomic E-state index is 13.0. The number of hydrogen-bond donors (Lipinski definition) is 0. The molecule has 0 bridgehead atoms. The molecule has 2 amide bonds. The van der Waals surface area contributed by atoms with Crippen LogP contribution < -0.4 is 4.18 Å². The van der Waals surface area contributed by atoms with Gasteiger partial charge >= 0.3 is 10.4 Å². The number of thioether (sulfide) groups is 1. The highest BCUT2D eigenvalue weighted by molar-refractivity contribution is 7.99. The van der Waals surface area contributed by atoms with E-state index in [2.05, 4.69) is 0 Å². The Balaban J connectivity index is 1.73. The Kier molecular flexibility index (Phi) is 5.27. The van der Waals surface area contributed by atoms with Crippen LogP contribution >= 0.6 is 11.8 Å². The lowest BCUT2D eigenvalue weighted by molar-refractivity contribution is -0.0208. The van der Waals surface area contributed by atoms with Crippen LogP contribution in [0, 0.1) is 0 Å². The van der Waals surface area contributed by atoms with Gasteiger partial charge < -0.3 is 4.18 Å². The number of para-hydroxylation sites is 1. The zero-order chi connectivity index (χ0) is 21.5. The summed E-state index contributed by atoms with van der Waals surface area (Å²) in [5.41, 5.74) is 0.374. The van der Waals surface area contributed by atoms with E-state index >= 15 is 0 Å². The summed E-state index contributed by atoms with van der Waals surface area (Å²) in [6.07, 6.45) is 0. The molecule has 0 radical (unpaired) electrons. The highest BCUT2D eigenvalue weighted by atomic mass is 32.3. The lowest BCUT2D eigenvalue weighted by Gasteiger charge is -2.25. The van der Waals surface area contributed by atoms with Crippen molar-refractivity contribution >= 4 is 44.7 Å². The summed E-state index contributed by atoms with van der Waals surface area (Å²) in [5.74, 6) is -1.75. The first-order chi connectivity index (χ1) is 14.2. The maximum absolute atomic E-state index is 13.0. The molecule has 1 heterocycles. The van der Waals surface area contributed by atoms with Gasteiger partial charge in [0, 0.05) is 15.5 Å². The van der Waals surface area contributed by atoms with Gasteiger partial charge in [-0.1, -0.05) is 44.2 Å². The molecule has 4 rings (SSSR count). The van der Waals surface area contributed by atoms with Crippen LogP contribution in [0.2, 0.25) is 0 Å². The fraction of sp³-hybridized carbons (Fsp3) is 0.143. The first-order valence-corrected chi connectivity index (χ1v) is 11.3. The van der Waals surface area contributed by atoms with Gasteiger partial charge in [0.2, 0.25) is 0 Å². The van der Waals surface area contributed by atoms with Gasteiger partial charge in [0.15, 0.2) is 0 Å². The van der Waals surface area contributed by atoms with Crippen LogP contribution in [0.1, 0.15) is 34.6 Å². The van der Waals surface area contributed by atoms with Crippen molar-refractivity contribution in [2.45, 2.75) is 24.0 Å². The van der Waals surface area contributed by atoms with Crippen LogP contribution in [-0.4, -0.2) is 30.5 Å². The van der Waals surface area contributed by atoms with E-state index < -0.39 is 22.2 Å². The summed E-state index contributed by atoms with van der Waals surface area (Å²) < 4.78 is 34.3. The van der Waals surface area contributed by atoms with Crippen LogP contribution in [0.25, 0.3) is 10.8 Å². The first kappa shape index (κ1) is 20.4. The predicted octanol–water partition coefficient (Wildman–Crippen LogP) is 4.19. The van der Waals surface area contributed by atoms with Crippen molar-refractivity contribution in [3.8, 4) is 5.75 Å². The van der Waals surface area contributed by atoms with Crippen LogP contribution in [0.3, 0.4) is 0 Å². The van der Waals surface area contributed by atoms with Crippen LogP contribution in [0.5, 0.6) is 5.75 Å². The molecule has 3 aromatic carbocycles. The molecule has 1 aliphatic heterocycles. The van der Waals surface area contributed by atoms with E-state index in [0.717, 1.165) is 10.3 Å². The van der Waals surface area contributed by atoms with E-state index in [9.17, 15) is 18.0 Å². The van der Waals surface area contributed by atoms with Gasteiger partial charge in [-0.25, -0.2) is 0 Å². The zero-order valence-corrected chi connectivity index (χ0v) is 17.7. The number of carbonyl (C=O) groups excluding carboxylic acids is 2. The van der Waals surface area contributed by atoms with E-state index in [1.807, 2.05) is 19.9 Å². The minimum atomic E-state index is -4.72. The maximum Gasteiger partial charge on any atom is 0.471 e. The molecule has 7 nitrogen and oxygen atoms in total. The standard InChI is InChI=1S/C21H17NO6S2/c1-13(2)29-16-11-14-7-6-10-17-19(14)18(12-16)21(24)22(20(17)23)28-30(25,26)27-15-8-4-3-5-9-15/h3-13H,1-2H3. The first-order valence-electron chi connectivity index (χ1n) is 9.06. The fourth-order valence-electron chi connectivity index (χ4n) is 3.17. The number of carbonyl (C=O) groups is 2. The number of hydrogen-bond acceptors (Lipinski definition) is 7. The number of nitrogens with zero attached hydrogens (tertiary/aromatic N) is 1. The minimum absolute atomic E-state index is 0.00692. The molecule has 0 unspecified atom stereocenters. The normalized spacial score (nSPS) is 13.9.